The van der Waals surface area contributed by atoms with Gasteiger partial charge in [-0.25, -0.2) is 0 Å². The fourth-order valence-corrected chi connectivity index (χ4v) is 12.7. The molecule has 1 aromatic rings. The third kappa shape index (κ3) is 3.75. The number of nitrogens with zero attached hydrogens (tertiary/aromatic N) is 3. The van der Waals surface area contributed by atoms with Crippen LogP contribution in [0.4, 0.5) is 0 Å². The van der Waals surface area contributed by atoms with E-state index in [-0.39, 0.29) is 10.2 Å². The average Bonchev–Trinajstić information content (AvgIpc) is 2.91. The van der Waals surface area contributed by atoms with E-state index >= 15 is 0 Å². The summed E-state index contributed by atoms with van der Waals surface area (Å²) in [6.07, 6.45) is 2.28. The number of rotatable bonds is 6. The van der Waals surface area contributed by atoms with E-state index in [4.69, 9.17) is 12.6 Å². The molecular weight excluding hydrogens is 517 g/mol. The summed E-state index contributed by atoms with van der Waals surface area (Å²) in [5, 5.41) is 0.136. The van der Waals surface area contributed by atoms with Crippen LogP contribution in [0.5, 0.6) is 0 Å². The van der Waals surface area contributed by atoms with Gasteiger partial charge in [0.2, 0.25) is 0 Å². The molecule has 2 unspecified atom stereocenters. The normalized spacial score (nSPS) is 23.7. The van der Waals surface area contributed by atoms with Gasteiger partial charge in [-0.05, 0) is 0 Å². The van der Waals surface area contributed by atoms with Crippen LogP contribution in [0.25, 0.3) is 0 Å². The third-order valence-electron chi connectivity index (χ3n) is 4.99. The van der Waals surface area contributed by atoms with Crippen molar-refractivity contribution in [1.82, 2.24) is 9.57 Å². The molecule has 0 aromatic heterocycles. The van der Waals surface area contributed by atoms with Crippen molar-refractivity contribution in [1.29, 1.82) is 0 Å². The summed E-state index contributed by atoms with van der Waals surface area (Å²) < 4.78 is 5.13. The van der Waals surface area contributed by atoms with Crippen molar-refractivity contribution in [3.05, 3.63) is 30.3 Å². The average molecular weight is 550 g/mol. The van der Waals surface area contributed by atoms with Crippen LogP contribution in [0.15, 0.2) is 30.3 Å². The number of benzene rings is 1. The molecule has 6 heteroatoms. The maximum absolute atomic E-state index is 5.34. The number of hydrogen-bond acceptors (Lipinski definition) is 3. The van der Waals surface area contributed by atoms with Crippen molar-refractivity contribution in [2.24, 2.45) is 0 Å². The molecule has 2 rings (SSSR count). The molecule has 1 aliphatic rings. The molecule has 3 nitrogen and oxygen atoms in total. The molecule has 0 amide bonds. The quantitative estimate of drug-likeness (QED) is 0.250. The predicted octanol–water partition coefficient (Wildman–Crippen LogP) is 3.81. The molecular formula is C19H33N3PSW+. The van der Waals surface area contributed by atoms with Crippen LogP contribution in [0.3, 0.4) is 0 Å². The van der Waals surface area contributed by atoms with Crippen molar-refractivity contribution in [3.63, 3.8) is 0 Å². The first-order chi connectivity index (χ1) is 11.6. The molecule has 140 valence electrons. The number of thiol groups is 1. The minimum atomic E-state index is -1.57. The molecule has 0 N–H and O–H groups in total. The van der Waals surface area contributed by atoms with Gasteiger partial charge in [-0.2, -0.15) is 0 Å². The van der Waals surface area contributed by atoms with E-state index in [0.717, 1.165) is 26.2 Å². The van der Waals surface area contributed by atoms with Gasteiger partial charge in [0.05, 0.1) is 0 Å². The van der Waals surface area contributed by atoms with Crippen molar-refractivity contribution >= 4 is 29.3 Å². The summed E-state index contributed by atoms with van der Waals surface area (Å²) in [7, 11) is 0. The van der Waals surface area contributed by atoms with Crippen LogP contribution < -0.4 is 5.30 Å². The molecule has 0 radical (unpaired) electrons. The predicted molar refractivity (Wildman–Crippen MR) is 111 cm³/mol. The summed E-state index contributed by atoms with van der Waals surface area (Å²) in [4.78, 5) is 2.17. The van der Waals surface area contributed by atoms with Crippen LogP contribution in [-0.4, -0.2) is 56.8 Å². The number of likely N-dealkylation sites (N-methyl/N-ethyl adjacent to an activating group) is 3. The fraction of sp³-hybridized carbons (Fsp3) is 0.632. The molecule has 1 aromatic carbocycles. The summed E-state index contributed by atoms with van der Waals surface area (Å²) in [6, 6.07) is 11.2. The van der Waals surface area contributed by atoms with Crippen molar-refractivity contribution in [3.8, 4) is 0 Å². The summed E-state index contributed by atoms with van der Waals surface area (Å²) in [5.41, 5.74) is 0. The molecule has 25 heavy (non-hydrogen) atoms. The molecule has 0 saturated heterocycles. The van der Waals surface area contributed by atoms with Gasteiger partial charge in [-0.3, -0.25) is 0 Å². The van der Waals surface area contributed by atoms with E-state index in [2.05, 4.69) is 92.4 Å². The van der Waals surface area contributed by atoms with E-state index in [1.807, 2.05) is 0 Å². The summed E-state index contributed by atoms with van der Waals surface area (Å²) in [5.74, 6) is 0. The molecule has 0 spiro atoms. The Morgan fingerprint density at radius 1 is 1.24 bits per heavy atom. The zero-order valence-corrected chi connectivity index (χ0v) is 21.2. The molecule has 0 fully saturated rings. The maximum atomic E-state index is 5.34. The molecule has 2 atom stereocenters. The Labute approximate surface area is 170 Å². The zero-order valence-electron chi connectivity index (χ0n) is 16.4. The zero-order chi connectivity index (χ0) is 18.9. The van der Waals surface area contributed by atoms with Gasteiger partial charge >= 0.3 is 170 Å². The first-order valence-corrected chi connectivity index (χ1v) is 15.2. The van der Waals surface area contributed by atoms with Crippen LogP contribution in [0.1, 0.15) is 41.5 Å². The number of hydrogen-bond donors (Lipinski definition) is 1. The summed E-state index contributed by atoms with van der Waals surface area (Å²) >= 11 is 7.02. The van der Waals surface area contributed by atoms with E-state index < -0.39 is 5.05 Å². The van der Waals surface area contributed by atoms with Gasteiger partial charge in [-0.1, -0.05) is 0 Å². The monoisotopic (exact) mass is 550 g/mol. The van der Waals surface area contributed by atoms with E-state index in [0.29, 0.717) is 0 Å². The Hall–Kier alpha value is 0.118. The molecule has 1 aliphatic heterocycles. The first-order valence-electron chi connectivity index (χ1n) is 9.17. The third-order valence-corrected chi connectivity index (χ3v) is 20.2. The van der Waals surface area contributed by atoms with E-state index in [1.54, 1.807) is 18.8 Å². The van der Waals surface area contributed by atoms with Crippen molar-refractivity contribution in [2.75, 3.05) is 26.2 Å². The van der Waals surface area contributed by atoms with E-state index in [1.165, 1.54) is 5.30 Å². The van der Waals surface area contributed by atoms with Gasteiger partial charge in [-0.15, -0.1) is 0 Å². The Bertz CT molecular complexity index is 671. The molecule has 0 saturated carbocycles. The van der Waals surface area contributed by atoms with E-state index in [9.17, 15) is 0 Å². The van der Waals surface area contributed by atoms with Crippen LogP contribution >= 0.6 is 17.7 Å². The van der Waals surface area contributed by atoms with Crippen LogP contribution in [0, 0.1) is 0 Å². The second-order valence-electron chi connectivity index (χ2n) is 7.54. The van der Waals surface area contributed by atoms with Crippen molar-refractivity contribution in [2.45, 2.75) is 51.7 Å². The Kier molecular flexibility index (Phi) is 6.86. The fourth-order valence-electron chi connectivity index (χ4n) is 3.65. The van der Waals surface area contributed by atoms with Gasteiger partial charge in [0, 0.05) is 0 Å². The second kappa shape index (κ2) is 8.01. The standard InChI is InChI=1S/C19H32N3PS.W/c1-7-20-15-19(24,21(8-2)16-20)22(9-3)23(18(4,5)6)17-13-11-10-12-14-17;/h10-14,16H,7-9,15H2,1-6H3;/p+1. The Morgan fingerprint density at radius 2 is 1.84 bits per heavy atom. The first kappa shape index (κ1) is 21.4. The van der Waals surface area contributed by atoms with Crippen LogP contribution in [-0.2, 0) is 18.8 Å². The van der Waals surface area contributed by atoms with Crippen LogP contribution in [0.2, 0.25) is 0 Å². The van der Waals surface area contributed by atoms with Gasteiger partial charge in [0.25, 0.3) is 0 Å². The van der Waals surface area contributed by atoms with Gasteiger partial charge in [0.15, 0.2) is 0 Å². The second-order valence-corrected chi connectivity index (χ2v) is 17.4. The Morgan fingerprint density at radius 3 is 2.28 bits per heavy atom. The molecule has 0 aliphatic carbocycles. The molecule has 0 bridgehead atoms. The minimum absolute atomic E-state index is 0.203. The van der Waals surface area contributed by atoms with Gasteiger partial charge in [0.1, 0.15) is 0 Å². The Balaban J connectivity index is 2.62. The van der Waals surface area contributed by atoms with Gasteiger partial charge < -0.3 is 0 Å². The SMILES string of the molecule is CCN1C=[N+](CC)CC1(S)N(CC)[P](=[W])(c1ccccc1)C(C)(C)C. The summed E-state index contributed by atoms with van der Waals surface area (Å²) in [6.45, 7) is 17.9. The van der Waals surface area contributed by atoms with Crippen molar-refractivity contribution < 1.29 is 23.4 Å². The topological polar surface area (TPSA) is 9.49 Å². The molecule has 1 heterocycles.